The van der Waals surface area contributed by atoms with E-state index in [1.165, 1.54) is 39.0 Å². The minimum atomic E-state index is -0.939. The average molecular weight is 439 g/mol. The molecule has 0 unspecified atom stereocenters. The zero-order chi connectivity index (χ0) is 22.8. The van der Waals surface area contributed by atoms with Crippen LogP contribution in [0.1, 0.15) is 17.5 Å². The summed E-state index contributed by atoms with van der Waals surface area (Å²) >= 11 is 0. The van der Waals surface area contributed by atoms with Gasteiger partial charge in [-0.15, -0.1) is 0 Å². The van der Waals surface area contributed by atoms with Crippen molar-refractivity contribution >= 4 is 23.5 Å². The number of amides is 4. The van der Waals surface area contributed by atoms with Crippen LogP contribution in [-0.2, 0) is 22.6 Å². The summed E-state index contributed by atoms with van der Waals surface area (Å²) < 4.78 is 15.9. The summed E-state index contributed by atoms with van der Waals surface area (Å²) in [4.78, 5) is 41.3. The van der Waals surface area contributed by atoms with Gasteiger partial charge in [-0.1, -0.05) is 24.3 Å². The van der Waals surface area contributed by atoms with Crippen molar-refractivity contribution in [2.24, 2.45) is 0 Å². The Morgan fingerprint density at radius 1 is 1.03 bits per heavy atom. The standard InChI is InChI=1S/C23H25N3O6/c1-30-18-10-16(11-19(31-2)21(18)32-3)26-22(28)17(24-23(26)29)12-20(27)25-9-8-14-6-4-5-7-15(14)13-25/h4-7,10-11,17H,8-9,12-13H2,1-3H3,(H,24,29)/t17-/m0/s1. The number of methoxy groups -OCH3 is 3. The fourth-order valence-electron chi connectivity index (χ4n) is 4.12. The highest BCUT2D eigenvalue weighted by Crippen LogP contribution is 2.41. The molecule has 0 spiro atoms. The molecule has 0 radical (unpaired) electrons. The Balaban J connectivity index is 1.51. The molecular weight excluding hydrogens is 414 g/mol. The van der Waals surface area contributed by atoms with Crippen molar-refractivity contribution < 1.29 is 28.6 Å². The van der Waals surface area contributed by atoms with Gasteiger partial charge < -0.3 is 24.4 Å². The summed E-state index contributed by atoms with van der Waals surface area (Å²) in [5, 5.41) is 2.62. The van der Waals surface area contributed by atoms with E-state index in [4.69, 9.17) is 14.2 Å². The van der Waals surface area contributed by atoms with Gasteiger partial charge in [0.2, 0.25) is 11.7 Å². The van der Waals surface area contributed by atoms with Crippen molar-refractivity contribution in [1.29, 1.82) is 0 Å². The molecule has 4 rings (SSSR count). The third-order valence-electron chi connectivity index (χ3n) is 5.79. The Labute approximate surface area is 185 Å². The van der Waals surface area contributed by atoms with Crippen LogP contribution >= 0.6 is 0 Å². The molecule has 1 N–H and O–H groups in total. The predicted octanol–water partition coefficient (Wildman–Crippen LogP) is 2.11. The average Bonchev–Trinajstić information content (AvgIpc) is 3.09. The zero-order valence-electron chi connectivity index (χ0n) is 18.2. The van der Waals surface area contributed by atoms with Gasteiger partial charge in [0.05, 0.1) is 33.4 Å². The van der Waals surface area contributed by atoms with Crippen molar-refractivity contribution in [3.05, 3.63) is 47.5 Å². The minimum absolute atomic E-state index is 0.104. The summed E-state index contributed by atoms with van der Waals surface area (Å²) in [5.41, 5.74) is 2.60. The maximum atomic E-state index is 13.0. The number of hydrogen-bond donors (Lipinski definition) is 1. The first-order chi connectivity index (χ1) is 15.5. The molecule has 0 bridgehead atoms. The summed E-state index contributed by atoms with van der Waals surface area (Å²) in [6.45, 7) is 1.09. The van der Waals surface area contributed by atoms with Crippen LogP contribution < -0.4 is 24.4 Å². The third kappa shape index (κ3) is 3.81. The first-order valence-electron chi connectivity index (χ1n) is 10.3. The molecule has 0 saturated carbocycles. The Kier molecular flexibility index (Phi) is 5.89. The van der Waals surface area contributed by atoms with E-state index >= 15 is 0 Å². The van der Waals surface area contributed by atoms with E-state index in [-0.39, 0.29) is 18.0 Å². The van der Waals surface area contributed by atoms with Crippen LogP contribution in [0.25, 0.3) is 0 Å². The SMILES string of the molecule is COc1cc(N2C(=O)N[C@@H](CC(=O)N3CCc4ccccc4C3)C2=O)cc(OC)c1OC. The molecular formula is C23H25N3O6. The van der Waals surface area contributed by atoms with Gasteiger partial charge in [-0.2, -0.15) is 0 Å². The molecule has 0 aliphatic carbocycles. The first-order valence-corrected chi connectivity index (χ1v) is 10.3. The minimum Gasteiger partial charge on any atom is -0.493 e. The van der Waals surface area contributed by atoms with E-state index < -0.39 is 18.0 Å². The Morgan fingerprint density at radius 3 is 2.31 bits per heavy atom. The molecule has 32 heavy (non-hydrogen) atoms. The number of nitrogens with zero attached hydrogens (tertiary/aromatic N) is 2. The molecule has 9 nitrogen and oxygen atoms in total. The Hall–Kier alpha value is -3.75. The van der Waals surface area contributed by atoms with E-state index in [0.717, 1.165) is 16.9 Å². The molecule has 2 aliphatic heterocycles. The van der Waals surface area contributed by atoms with Crippen LogP contribution in [0.5, 0.6) is 17.2 Å². The molecule has 1 atom stereocenters. The van der Waals surface area contributed by atoms with E-state index in [1.807, 2.05) is 18.2 Å². The number of fused-ring (bicyclic) bond motifs is 1. The highest BCUT2D eigenvalue weighted by Gasteiger charge is 2.41. The molecule has 2 aromatic carbocycles. The third-order valence-corrected chi connectivity index (χ3v) is 5.79. The first kappa shape index (κ1) is 21.5. The Morgan fingerprint density at radius 2 is 1.69 bits per heavy atom. The Bertz CT molecular complexity index is 1040. The maximum Gasteiger partial charge on any atom is 0.329 e. The molecule has 168 valence electrons. The fraction of sp³-hybridized carbons (Fsp3) is 0.348. The van der Waals surface area contributed by atoms with E-state index in [2.05, 4.69) is 11.4 Å². The number of hydrogen-bond acceptors (Lipinski definition) is 6. The second kappa shape index (κ2) is 8.78. The molecule has 1 saturated heterocycles. The van der Waals surface area contributed by atoms with Crippen molar-refractivity contribution in [2.45, 2.75) is 25.4 Å². The van der Waals surface area contributed by atoms with Crippen molar-refractivity contribution in [3.8, 4) is 17.2 Å². The lowest BCUT2D eigenvalue weighted by molar-refractivity contribution is -0.134. The van der Waals surface area contributed by atoms with Crippen LogP contribution in [0.15, 0.2) is 36.4 Å². The van der Waals surface area contributed by atoms with Crippen molar-refractivity contribution in [1.82, 2.24) is 10.2 Å². The molecule has 9 heteroatoms. The summed E-state index contributed by atoms with van der Waals surface area (Å²) in [7, 11) is 4.37. The molecule has 2 aromatic rings. The molecule has 2 aliphatic rings. The summed E-state index contributed by atoms with van der Waals surface area (Å²) in [6.07, 6.45) is 0.665. The number of carbonyl (C=O) groups is 3. The fourth-order valence-corrected chi connectivity index (χ4v) is 4.12. The summed E-state index contributed by atoms with van der Waals surface area (Å²) in [5.74, 6) is 0.297. The lowest BCUT2D eigenvalue weighted by atomic mass is 9.99. The van der Waals surface area contributed by atoms with Gasteiger partial charge in [0.15, 0.2) is 11.5 Å². The van der Waals surface area contributed by atoms with Gasteiger partial charge in [0.1, 0.15) is 6.04 Å². The number of imide groups is 1. The molecule has 0 aromatic heterocycles. The monoisotopic (exact) mass is 439 g/mol. The van der Waals surface area contributed by atoms with E-state index in [0.29, 0.717) is 30.3 Å². The maximum absolute atomic E-state index is 13.0. The van der Waals surface area contributed by atoms with Crippen molar-refractivity contribution in [3.63, 3.8) is 0 Å². The topological polar surface area (TPSA) is 97.4 Å². The van der Waals surface area contributed by atoms with E-state index in [9.17, 15) is 14.4 Å². The smallest absolute Gasteiger partial charge is 0.329 e. The predicted molar refractivity (Wildman–Crippen MR) is 116 cm³/mol. The number of carbonyl (C=O) groups excluding carboxylic acids is 3. The molecule has 4 amide bonds. The number of rotatable bonds is 6. The van der Waals surface area contributed by atoms with Gasteiger partial charge in [-0.3, -0.25) is 9.59 Å². The summed E-state index contributed by atoms with van der Waals surface area (Å²) in [6, 6.07) is 9.49. The number of benzene rings is 2. The molecule has 2 heterocycles. The number of anilines is 1. The van der Waals surface area contributed by atoms with Crippen molar-refractivity contribution in [2.75, 3.05) is 32.8 Å². The second-order valence-electron chi connectivity index (χ2n) is 7.60. The van der Waals surface area contributed by atoms with Gasteiger partial charge in [-0.05, 0) is 17.5 Å². The van der Waals surface area contributed by atoms with E-state index in [1.54, 1.807) is 4.90 Å². The lowest BCUT2D eigenvalue weighted by Gasteiger charge is -2.29. The molecule has 1 fully saturated rings. The van der Waals surface area contributed by atoms with Crippen LogP contribution in [0, 0.1) is 0 Å². The highest BCUT2D eigenvalue weighted by molar-refractivity contribution is 6.22. The second-order valence-corrected chi connectivity index (χ2v) is 7.60. The largest absolute Gasteiger partial charge is 0.493 e. The van der Waals surface area contributed by atoms with Gasteiger partial charge in [0.25, 0.3) is 5.91 Å². The van der Waals surface area contributed by atoms with Gasteiger partial charge in [0, 0.05) is 25.2 Å². The number of urea groups is 1. The zero-order valence-corrected chi connectivity index (χ0v) is 18.2. The quantitative estimate of drug-likeness (QED) is 0.693. The van der Waals surface area contributed by atoms with Crippen LogP contribution in [0.4, 0.5) is 10.5 Å². The van der Waals surface area contributed by atoms with Crippen LogP contribution in [0.2, 0.25) is 0 Å². The lowest BCUT2D eigenvalue weighted by Crippen LogP contribution is -2.41. The number of ether oxygens (including phenoxy) is 3. The van der Waals surface area contributed by atoms with Gasteiger partial charge >= 0.3 is 6.03 Å². The number of nitrogens with one attached hydrogen (secondary N) is 1. The highest BCUT2D eigenvalue weighted by atomic mass is 16.5. The van der Waals surface area contributed by atoms with Gasteiger partial charge in [-0.25, -0.2) is 9.69 Å². The normalized spacial score (nSPS) is 17.7. The van der Waals surface area contributed by atoms with Crippen LogP contribution in [-0.4, -0.2) is 56.7 Å². The van der Waals surface area contributed by atoms with Crippen LogP contribution in [0.3, 0.4) is 0 Å².